The van der Waals surface area contributed by atoms with E-state index in [0.717, 1.165) is 109 Å². The van der Waals surface area contributed by atoms with Crippen molar-refractivity contribution in [1.82, 2.24) is 9.55 Å². The molecule has 0 saturated carbocycles. The van der Waals surface area contributed by atoms with Gasteiger partial charge < -0.3 is 24.3 Å². The van der Waals surface area contributed by atoms with Crippen LogP contribution < -0.4 is 15.0 Å². The molecule has 1 aliphatic heterocycles. The van der Waals surface area contributed by atoms with E-state index in [4.69, 9.17) is 14.0 Å². The number of aromatic nitrogens is 2. The Labute approximate surface area is 329 Å². The molecule has 0 radical (unpaired) electrons. The fraction of sp³-hybridized carbons (Fsp3) is 0.429. The summed E-state index contributed by atoms with van der Waals surface area (Å²) in [6.45, 7) is 11.1. The van der Waals surface area contributed by atoms with Gasteiger partial charge in [-0.05, 0) is 103 Å². The minimum absolute atomic E-state index is 0.110. The van der Waals surface area contributed by atoms with Crippen molar-refractivity contribution in [3.8, 4) is 16.9 Å². The molecule has 0 spiro atoms. The number of nitrogens with zero attached hydrogens (tertiary/aromatic N) is 3. The Bertz CT molecular complexity index is 1950. The number of rotatable bonds is 18. The monoisotopic (exact) mass is 792 g/mol. The number of imidazole rings is 1. The van der Waals surface area contributed by atoms with E-state index in [2.05, 4.69) is 76.9 Å². The van der Waals surface area contributed by atoms with Crippen LogP contribution in [0.3, 0.4) is 0 Å². The maximum atomic E-state index is 13.7. The van der Waals surface area contributed by atoms with Gasteiger partial charge in [-0.1, -0.05) is 51.8 Å². The average Bonchev–Trinajstić information content (AvgIpc) is 3.59. The Hall–Kier alpha value is -4.30. The number of carbonyl (C=O) groups is 1. The lowest BCUT2D eigenvalue weighted by Gasteiger charge is -2.29. The van der Waals surface area contributed by atoms with E-state index in [1.54, 1.807) is 12.5 Å². The molecule has 5 rings (SSSR count). The van der Waals surface area contributed by atoms with Gasteiger partial charge in [-0.15, -0.1) is 0 Å². The summed E-state index contributed by atoms with van der Waals surface area (Å²) in [6, 6.07) is 22.1. The van der Waals surface area contributed by atoms with Crippen molar-refractivity contribution >= 4 is 44.3 Å². The first-order valence-corrected chi connectivity index (χ1v) is 22.3. The summed E-state index contributed by atoms with van der Waals surface area (Å²) in [5, 5.41) is 3.10. The molecular weight excluding hydrogens is 737 g/mol. The highest BCUT2D eigenvalue weighted by atomic mass is 32.2. The molecule has 4 aromatic rings. The van der Waals surface area contributed by atoms with Crippen LogP contribution >= 0.6 is 0 Å². The fourth-order valence-electron chi connectivity index (χ4n) is 6.08. The maximum Gasteiger partial charge on any atom is 0.261 e. The highest BCUT2D eigenvalue weighted by Gasteiger charge is 2.19. The van der Waals surface area contributed by atoms with Crippen LogP contribution in [-0.2, 0) is 42.7 Å². The van der Waals surface area contributed by atoms with E-state index in [1.807, 2.05) is 36.4 Å². The highest BCUT2D eigenvalue weighted by molar-refractivity contribution is 7.85. The van der Waals surface area contributed by atoms with Gasteiger partial charge >= 0.3 is 0 Å². The third-order valence-corrected chi connectivity index (χ3v) is 10.2. The topological polar surface area (TPSA) is 140 Å². The number of carbonyl (C=O) groups excluding carboxylic acids is 1. The molecule has 1 aliphatic rings. The first-order chi connectivity index (χ1) is 26.5. The van der Waals surface area contributed by atoms with Crippen molar-refractivity contribution < 1.29 is 31.4 Å². The van der Waals surface area contributed by atoms with Crippen LogP contribution in [0.1, 0.15) is 77.0 Å². The van der Waals surface area contributed by atoms with Crippen molar-refractivity contribution in [2.45, 2.75) is 82.9 Å². The number of amides is 1. The second-order valence-corrected chi connectivity index (χ2v) is 16.4. The summed E-state index contributed by atoms with van der Waals surface area (Å²) in [4.78, 5) is 21.1. The third kappa shape index (κ3) is 14.7. The predicted molar refractivity (Wildman–Crippen MR) is 223 cm³/mol. The first kappa shape index (κ1) is 43.4. The number of hydrogen-bond donors (Lipinski definition) is 2. The zero-order valence-electron chi connectivity index (χ0n) is 32.5. The van der Waals surface area contributed by atoms with Crippen molar-refractivity contribution in [2.24, 2.45) is 0 Å². The lowest BCUT2D eigenvalue weighted by Crippen LogP contribution is -2.28. The summed E-state index contributed by atoms with van der Waals surface area (Å²) < 4.78 is 52.5. The Morgan fingerprint density at radius 2 is 1.62 bits per heavy atom. The van der Waals surface area contributed by atoms with E-state index < -0.39 is 20.9 Å². The van der Waals surface area contributed by atoms with E-state index in [-0.39, 0.29) is 5.91 Å². The Morgan fingerprint density at radius 1 is 0.909 bits per heavy atom. The SMILES string of the molecule is CCCCOCCOc1ccc(-c2ccc3c(c2)C=C(C(=O)Nc2ccc(S(=O)Cc4cncn4CCC)cc2)CCCN3CCCC)cc1.CS(=O)(=O)O. The lowest BCUT2D eigenvalue weighted by molar-refractivity contribution is -0.112. The summed E-state index contributed by atoms with van der Waals surface area (Å²) in [6.07, 6.45) is 13.4. The number of fused-ring (bicyclic) bond motifs is 1. The minimum atomic E-state index is -3.67. The molecule has 298 valence electrons. The zero-order valence-corrected chi connectivity index (χ0v) is 34.2. The molecule has 2 heterocycles. The largest absolute Gasteiger partial charge is 0.491 e. The second kappa shape index (κ2) is 22.3. The number of hydrogen-bond acceptors (Lipinski definition) is 8. The number of nitrogens with one attached hydrogen (secondary N) is 1. The molecule has 1 atom stereocenters. The molecule has 2 N–H and O–H groups in total. The average molecular weight is 793 g/mol. The van der Waals surface area contributed by atoms with Gasteiger partial charge in [0.2, 0.25) is 0 Å². The van der Waals surface area contributed by atoms with Crippen LogP contribution in [0, 0.1) is 0 Å². The van der Waals surface area contributed by atoms with Gasteiger partial charge in [-0.25, -0.2) is 4.98 Å². The molecule has 0 fully saturated rings. The molecule has 55 heavy (non-hydrogen) atoms. The summed E-state index contributed by atoms with van der Waals surface area (Å²) in [5.41, 5.74) is 6.77. The predicted octanol–water partition coefficient (Wildman–Crippen LogP) is 8.39. The summed E-state index contributed by atoms with van der Waals surface area (Å²) >= 11 is 0. The van der Waals surface area contributed by atoms with Crippen LogP contribution in [0.5, 0.6) is 5.75 Å². The van der Waals surface area contributed by atoms with Gasteiger partial charge in [0.05, 0.1) is 41.4 Å². The van der Waals surface area contributed by atoms with Crippen LogP contribution in [-0.4, -0.2) is 71.8 Å². The number of unbranched alkanes of at least 4 members (excludes halogenated alkanes) is 2. The van der Waals surface area contributed by atoms with E-state index in [1.165, 1.54) is 0 Å². The molecule has 13 heteroatoms. The van der Waals surface area contributed by atoms with Crippen LogP contribution in [0.2, 0.25) is 0 Å². The van der Waals surface area contributed by atoms with E-state index >= 15 is 0 Å². The molecule has 0 aliphatic carbocycles. The quantitative estimate of drug-likeness (QED) is 0.0751. The molecule has 1 amide bonds. The van der Waals surface area contributed by atoms with E-state index in [0.29, 0.717) is 37.3 Å². The van der Waals surface area contributed by atoms with Crippen LogP contribution in [0.25, 0.3) is 17.2 Å². The molecule has 11 nitrogen and oxygen atoms in total. The van der Waals surface area contributed by atoms with Crippen LogP contribution in [0.4, 0.5) is 11.4 Å². The van der Waals surface area contributed by atoms with Crippen molar-refractivity contribution in [3.63, 3.8) is 0 Å². The number of aryl methyl sites for hydroxylation is 1. The summed E-state index contributed by atoms with van der Waals surface area (Å²) in [5.74, 6) is 1.12. The van der Waals surface area contributed by atoms with Crippen molar-refractivity contribution in [2.75, 3.05) is 49.4 Å². The second-order valence-electron chi connectivity index (χ2n) is 13.5. The van der Waals surface area contributed by atoms with Crippen molar-refractivity contribution in [1.29, 1.82) is 0 Å². The van der Waals surface area contributed by atoms with Gasteiger partial charge in [-0.3, -0.25) is 13.6 Å². The minimum Gasteiger partial charge on any atom is -0.491 e. The first-order valence-electron chi connectivity index (χ1n) is 19.1. The standard InChI is InChI=1S/C41H52N4O4S.CH4O3S/c1-4-7-22-44-23-9-10-34(41(46)43-36-14-18-39(19-15-36)50(47)30-37-29-42-31-45(37)21-6-3)28-35-27-33(13-20-40(35)44)32-11-16-38(17-12-32)49-26-25-48-24-8-5-2;1-5(2,3)4/h11-20,27-29,31H,4-10,21-26,30H2,1-3H3,(H,43,46);1H3,(H,2,3,4). The van der Waals surface area contributed by atoms with Gasteiger partial charge in [-0.2, -0.15) is 8.42 Å². The summed E-state index contributed by atoms with van der Waals surface area (Å²) in [7, 11) is -4.88. The van der Waals surface area contributed by atoms with Crippen molar-refractivity contribution in [3.05, 3.63) is 96.1 Å². The third-order valence-electron chi connectivity index (χ3n) is 8.89. The number of anilines is 2. The number of ether oxygens (including phenoxy) is 2. The van der Waals surface area contributed by atoms with Gasteiger partial charge in [0.25, 0.3) is 16.0 Å². The fourth-order valence-corrected chi connectivity index (χ4v) is 7.19. The van der Waals surface area contributed by atoms with E-state index in [9.17, 15) is 17.4 Å². The Morgan fingerprint density at radius 3 is 2.31 bits per heavy atom. The number of benzene rings is 3. The zero-order chi connectivity index (χ0) is 39.6. The highest BCUT2D eigenvalue weighted by Crippen LogP contribution is 2.33. The molecular formula is C42H56N4O7S2. The smallest absolute Gasteiger partial charge is 0.261 e. The Balaban J connectivity index is 0.00000126. The molecule has 1 aromatic heterocycles. The van der Waals surface area contributed by atoms with Crippen LogP contribution in [0.15, 0.2) is 89.7 Å². The van der Waals surface area contributed by atoms with Gasteiger partial charge in [0.15, 0.2) is 0 Å². The Kier molecular flexibility index (Phi) is 17.6. The molecule has 0 saturated heterocycles. The maximum absolute atomic E-state index is 13.7. The lowest BCUT2D eigenvalue weighted by atomic mass is 9.96. The molecule has 0 bridgehead atoms. The molecule has 1 unspecified atom stereocenters. The van der Waals surface area contributed by atoms with Gasteiger partial charge in [0.1, 0.15) is 12.4 Å². The van der Waals surface area contributed by atoms with Gasteiger partial charge in [0, 0.05) is 54.3 Å². The normalized spacial score (nSPS) is 13.4. The molecule has 3 aromatic carbocycles.